The SMILES string of the molecule is N=C1CCCC/C1=C(/O)C(=O)NC1CCCc2c1cnn2-c1ccccc1. The van der Waals surface area contributed by atoms with Gasteiger partial charge in [-0.05, 0) is 57.1 Å². The lowest BCUT2D eigenvalue weighted by atomic mass is 9.91. The molecule has 1 saturated carbocycles. The molecule has 0 radical (unpaired) electrons. The van der Waals surface area contributed by atoms with E-state index in [1.165, 1.54) is 0 Å². The second-order valence-electron chi connectivity index (χ2n) is 7.23. The molecule has 2 aromatic rings. The van der Waals surface area contributed by atoms with Gasteiger partial charge in [0.05, 0.1) is 17.9 Å². The van der Waals surface area contributed by atoms with Gasteiger partial charge in [-0.2, -0.15) is 5.10 Å². The second-order valence-corrected chi connectivity index (χ2v) is 7.23. The monoisotopic (exact) mass is 364 g/mol. The van der Waals surface area contributed by atoms with E-state index in [1.807, 2.05) is 41.2 Å². The molecular formula is C21H24N4O2. The fraction of sp³-hybridized carbons (Fsp3) is 0.381. The first-order valence-corrected chi connectivity index (χ1v) is 9.58. The van der Waals surface area contributed by atoms with Crippen molar-refractivity contribution in [3.8, 4) is 5.69 Å². The van der Waals surface area contributed by atoms with Crippen molar-refractivity contribution in [3.05, 3.63) is 59.1 Å². The van der Waals surface area contributed by atoms with Crippen LogP contribution in [0.3, 0.4) is 0 Å². The van der Waals surface area contributed by atoms with Gasteiger partial charge >= 0.3 is 0 Å². The summed E-state index contributed by atoms with van der Waals surface area (Å²) < 4.78 is 1.93. The van der Waals surface area contributed by atoms with E-state index in [2.05, 4.69) is 10.4 Å². The molecule has 1 heterocycles. The van der Waals surface area contributed by atoms with Crippen molar-refractivity contribution >= 4 is 11.6 Å². The van der Waals surface area contributed by atoms with E-state index in [9.17, 15) is 9.90 Å². The molecule has 140 valence electrons. The Morgan fingerprint density at radius 3 is 2.70 bits per heavy atom. The summed E-state index contributed by atoms with van der Waals surface area (Å²) in [6, 6.07) is 9.80. The third kappa shape index (κ3) is 3.39. The number of aliphatic hydroxyl groups is 1. The molecule has 0 bridgehead atoms. The molecular weight excluding hydrogens is 340 g/mol. The fourth-order valence-corrected chi connectivity index (χ4v) is 4.03. The zero-order chi connectivity index (χ0) is 18.8. The van der Waals surface area contributed by atoms with E-state index in [1.54, 1.807) is 0 Å². The Bertz CT molecular complexity index is 898. The highest BCUT2D eigenvalue weighted by Gasteiger charge is 2.28. The lowest BCUT2D eigenvalue weighted by Crippen LogP contribution is -2.33. The largest absolute Gasteiger partial charge is 0.503 e. The molecule has 1 unspecified atom stereocenters. The van der Waals surface area contributed by atoms with Crippen LogP contribution in [0.2, 0.25) is 0 Å². The van der Waals surface area contributed by atoms with Crippen LogP contribution in [0.4, 0.5) is 0 Å². The number of nitrogens with zero attached hydrogens (tertiary/aromatic N) is 2. The highest BCUT2D eigenvalue weighted by Crippen LogP contribution is 2.31. The van der Waals surface area contributed by atoms with Crippen molar-refractivity contribution in [2.75, 3.05) is 0 Å². The molecule has 4 rings (SSSR count). The maximum absolute atomic E-state index is 12.6. The van der Waals surface area contributed by atoms with Gasteiger partial charge in [-0.1, -0.05) is 18.2 Å². The molecule has 0 aliphatic heterocycles. The summed E-state index contributed by atoms with van der Waals surface area (Å²) in [6.45, 7) is 0. The van der Waals surface area contributed by atoms with Crippen LogP contribution in [-0.2, 0) is 11.2 Å². The van der Waals surface area contributed by atoms with E-state index in [0.29, 0.717) is 24.1 Å². The number of hydrogen-bond donors (Lipinski definition) is 3. The van der Waals surface area contributed by atoms with Crippen molar-refractivity contribution in [1.82, 2.24) is 15.1 Å². The number of rotatable bonds is 3. The Kier molecular flexibility index (Phi) is 4.79. The number of amides is 1. The highest BCUT2D eigenvalue weighted by molar-refractivity contribution is 6.05. The van der Waals surface area contributed by atoms with Crippen molar-refractivity contribution in [3.63, 3.8) is 0 Å². The molecule has 2 aliphatic rings. The van der Waals surface area contributed by atoms with Crippen molar-refractivity contribution in [2.24, 2.45) is 0 Å². The third-order valence-electron chi connectivity index (χ3n) is 5.46. The molecule has 6 heteroatoms. The summed E-state index contributed by atoms with van der Waals surface area (Å²) in [5.41, 5.74) is 4.00. The number of aliphatic hydroxyl groups excluding tert-OH is 1. The average Bonchev–Trinajstić information content (AvgIpc) is 3.14. The van der Waals surface area contributed by atoms with Gasteiger partial charge in [0.25, 0.3) is 5.91 Å². The summed E-state index contributed by atoms with van der Waals surface area (Å²) in [5, 5.41) is 25.9. The maximum Gasteiger partial charge on any atom is 0.286 e. The molecule has 2 aliphatic carbocycles. The van der Waals surface area contributed by atoms with Crippen molar-refractivity contribution in [1.29, 1.82) is 5.41 Å². The van der Waals surface area contributed by atoms with E-state index < -0.39 is 5.91 Å². The standard InChI is InChI=1S/C21H24N4O2/c22-17-10-5-4-9-15(17)20(26)21(27)24-18-11-6-12-19-16(18)13-23-25(19)14-7-2-1-3-8-14/h1-3,7-8,13,18,22,26H,4-6,9-12H2,(H,24,27)/b20-15-,22-17?. The number of fused-ring (bicyclic) bond motifs is 1. The van der Waals surface area contributed by atoms with Crippen LogP contribution < -0.4 is 5.32 Å². The topological polar surface area (TPSA) is 91.0 Å². The lowest BCUT2D eigenvalue weighted by molar-refractivity contribution is -0.120. The number of allylic oxidation sites excluding steroid dienone is 1. The fourth-order valence-electron chi connectivity index (χ4n) is 4.03. The number of benzene rings is 1. The number of hydrogen-bond acceptors (Lipinski definition) is 4. The Morgan fingerprint density at radius 2 is 1.93 bits per heavy atom. The average molecular weight is 364 g/mol. The first-order chi connectivity index (χ1) is 13.1. The Balaban J connectivity index is 1.57. The van der Waals surface area contributed by atoms with Crippen LogP contribution in [0, 0.1) is 5.41 Å². The minimum absolute atomic E-state index is 0.167. The first-order valence-electron chi connectivity index (χ1n) is 9.58. The van der Waals surface area contributed by atoms with Gasteiger partial charge < -0.3 is 15.8 Å². The van der Waals surface area contributed by atoms with E-state index >= 15 is 0 Å². The zero-order valence-corrected chi connectivity index (χ0v) is 15.2. The normalized spacial score (nSPS) is 21.5. The summed E-state index contributed by atoms with van der Waals surface area (Å²) >= 11 is 0. The van der Waals surface area contributed by atoms with Gasteiger partial charge in [0.1, 0.15) is 0 Å². The second kappa shape index (κ2) is 7.39. The molecule has 6 nitrogen and oxygen atoms in total. The zero-order valence-electron chi connectivity index (χ0n) is 15.2. The smallest absolute Gasteiger partial charge is 0.286 e. The van der Waals surface area contributed by atoms with Crippen LogP contribution >= 0.6 is 0 Å². The van der Waals surface area contributed by atoms with Gasteiger partial charge in [0, 0.05) is 22.5 Å². The molecule has 1 atom stereocenters. The van der Waals surface area contributed by atoms with Crippen LogP contribution in [0.15, 0.2) is 47.9 Å². The third-order valence-corrected chi connectivity index (χ3v) is 5.46. The molecule has 0 spiro atoms. The molecule has 27 heavy (non-hydrogen) atoms. The molecule has 1 amide bonds. The van der Waals surface area contributed by atoms with Gasteiger partial charge in [-0.3, -0.25) is 4.79 Å². The van der Waals surface area contributed by atoms with Crippen LogP contribution in [0.25, 0.3) is 5.69 Å². The molecule has 1 aromatic carbocycles. The van der Waals surface area contributed by atoms with Gasteiger partial charge in [-0.15, -0.1) is 0 Å². The van der Waals surface area contributed by atoms with Gasteiger partial charge in [0.2, 0.25) is 0 Å². The minimum Gasteiger partial charge on any atom is -0.503 e. The predicted molar refractivity (Wildman–Crippen MR) is 103 cm³/mol. The van der Waals surface area contributed by atoms with Gasteiger partial charge in [0.15, 0.2) is 5.76 Å². The maximum atomic E-state index is 12.6. The molecule has 3 N–H and O–H groups in total. The minimum atomic E-state index is -0.484. The summed E-state index contributed by atoms with van der Waals surface area (Å²) in [7, 11) is 0. The number of para-hydroxylation sites is 1. The Morgan fingerprint density at radius 1 is 1.15 bits per heavy atom. The predicted octanol–water partition coefficient (Wildman–Crippen LogP) is 3.77. The van der Waals surface area contributed by atoms with Gasteiger partial charge in [-0.25, -0.2) is 4.68 Å². The summed E-state index contributed by atoms with van der Waals surface area (Å²) in [4.78, 5) is 12.6. The quantitative estimate of drug-likeness (QED) is 0.572. The molecule has 0 saturated heterocycles. The van der Waals surface area contributed by atoms with Crippen LogP contribution in [0.5, 0.6) is 0 Å². The number of carbonyl (C=O) groups is 1. The number of nitrogens with one attached hydrogen (secondary N) is 2. The lowest BCUT2D eigenvalue weighted by Gasteiger charge is -2.25. The number of carbonyl (C=O) groups excluding carboxylic acids is 1. The van der Waals surface area contributed by atoms with Crippen LogP contribution in [-0.4, -0.2) is 26.5 Å². The molecule has 1 fully saturated rings. The summed E-state index contributed by atoms with van der Waals surface area (Å²) in [6.07, 6.45) is 7.58. The van der Waals surface area contributed by atoms with E-state index in [-0.39, 0.29) is 11.8 Å². The first kappa shape index (κ1) is 17.5. The van der Waals surface area contributed by atoms with Crippen molar-refractivity contribution < 1.29 is 9.90 Å². The van der Waals surface area contributed by atoms with Crippen LogP contribution in [0.1, 0.15) is 55.8 Å². The van der Waals surface area contributed by atoms with E-state index in [0.717, 1.165) is 49.0 Å². The van der Waals surface area contributed by atoms with Crippen molar-refractivity contribution in [2.45, 2.75) is 51.0 Å². The molecule has 1 aromatic heterocycles. The van der Waals surface area contributed by atoms with E-state index in [4.69, 9.17) is 5.41 Å². The Hall–Kier alpha value is -2.89. The summed E-state index contributed by atoms with van der Waals surface area (Å²) in [5.74, 6) is -0.774. The number of aromatic nitrogens is 2. The Labute approximate surface area is 158 Å². The highest BCUT2D eigenvalue weighted by atomic mass is 16.3.